The lowest BCUT2D eigenvalue weighted by Crippen LogP contribution is -2.34. The van der Waals surface area contributed by atoms with Gasteiger partial charge in [0, 0.05) is 34.4 Å². The molecule has 5 nitrogen and oxygen atoms in total. The molecular weight excluding hydrogens is 196 g/mol. The van der Waals surface area contributed by atoms with Crippen molar-refractivity contribution in [2.24, 2.45) is 5.73 Å². The molecule has 2 unspecified atom stereocenters. The zero-order valence-electron chi connectivity index (χ0n) is 9.99. The summed E-state index contributed by atoms with van der Waals surface area (Å²) >= 11 is 0. The maximum absolute atomic E-state index is 5.50. The van der Waals surface area contributed by atoms with Gasteiger partial charge < -0.3 is 25.3 Å². The Morgan fingerprint density at radius 2 is 1.80 bits per heavy atom. The molecule has 5 heteroatoms. The van der Waals surface area contributed by atoms with Crippen LogP contribution < -0.4 is 11.1 Å². The Hall–Kier alpha value is -0.200. The van der Waals surface area contributed by atoms with Crippen LogP contribution in [0.1, 0.15) is 6.42 Å². The molecule has 2 atom stereocenters. The van der Waals surface area contributed by atoms with Crippen molar-refractivity contribution >= 4 is 0 Å². The van der Waals surface area contributed by atoms with Crippen LogP contribution in [-0.2, 0) is 14.2 Å². The van der Waals surface area contributed by atoms with Crippen molar-refractivity contribution in [2.45, 2.75) is 18.6 Å². The van der Waals surface area contributed by atoms with E-state index < -0.39 is 0 Å². The van der Waals surface area contributed by atoms with Crippen LogP contribution in [0.15, 0.2) is 0 Å². The lowest BCUT2D eigenvalue weighted by Gasteiger charge is -2.17. The Labute approximate surface area is 92.3 Å². The second-order valence-electron chi connectivity index (χ2n) is 3.40. The zero-order chi connectivity index (χ0) is 11.5. The zero-order valence-corrected chi connectivity index (χ0v) is 9.99. The predicted molar refractivity (Wildman–Crippen MR) is 60.0 cm³/mol. The molecule has 0 heterocycles. The van der Waals surface area contributed by atoms with E-state index in [1.807, 2.05) is 0 Å². The number of nitrogens with two attached hydrogens (primary N) is 1. The van der Waals surface area contributed by atoms with Gasteiger partial charge in [0.25, 0.3) is 0 Å². The summed E-state index contributed by atoms with van der Waals surface area (Å²) in [6, 6.07) is 0. The third kappa shape index (κ3) is 7.70. The molecule has 0 saturated heterocycles. The van der Waals surface area contributed by atoms with E-state index >= 15 is 0 Å². The minimum Gasteiger partial charge on any atom is -0.382 e. The van der Waals surface area contributed by atoms with Crippen molar-refractivity contribution in [2.75, 3.05) is 47.6 Å². The molecule has 15 heavy (non-hydrogen) atoms. The van der Waals surface area contributed by atoms with Crippen molar-refractivity contribution < 1.29 is 14.2 Å². The highest BCUT2D eigenvalue weighted by molar-refractivity contribution is 4.64. The van der Waals surface area contributed by atoms with Gasteiger partial charge in [0.05, 0.1) is 18.8 Å². The molecule has 0 rings (SSSR count). The fraction of sp³-hybridized carbons (Fsp3) is 1.00. The molecule has 0 saturated carbocycles. The highest BCUT2D eigenvalue weighted by Crippen LogP contribution is 1.93. The highest BCUT2D eigenvalue weighted by atomic mass is 16.5. The summed E-state index contributed by atoms with van der Waals surface area (Å²) in [7, 11) is 5.03. The first-order valence-electron chi connectivity index (χ1n) is 5.23. The van der Waals surface area contributed by atoms with E-state index in [0.717, 1.165) is 19.5 Å². The van der Waals surface area contributed by atoms with Gasteiger partial charge in [-0.2, -0.15) is 0 Å². The molecule has 0 spiro atoms. The minimum absolute atomic E-state index is 0.105. The number of rotatable bonds is 10. The second kappa shape index (κ2) is 10.3. The van der Waals surface area contributed by atoms with E-state index in [1.165, 1.54) is 0 Å². The summed E-state index contributed by atoms with van der Waals surface area (Å²) in [5, 5.41) is 3.28. The summed E-state index contributed by atoms with van der Waals surface area (Å²) < 4.78 is 15.4. The topological polar surface area (TPSA) is 65.7 Å². The lowest BCUT2D eigenvalue weighted by molar-refractivity contribution is 0.0281. The maximum Gasteiger partial charge on any atom is 0.0928 e. The third-order valence-electron chi connectivity index (χ3n) is 2.30. The van der Waals surface area contributed by atoms with E-state index in [2.05, 4.69) is 5.32 Å². The summed E-state index contributed by atoms with van der Waals surface area (Å²) in [5.41, 5.74) is 5.50. The number of hydrogen-bond donors (Lipinski definition) is 2. The lowest BCUT2D eigenvalue weighted by atomic mass is 10.2. The standard InChI is InChI=1S/C10H24N2O3/c1-13-8-10(15-3)7-12-5-4-9(6-11)14-2/h9-10,12H,4-8,11H2,1-3H3. The number of hydrogen-bond acceptors (Lipinski definition) is 5. The van der Waals surface area contributed by atoms with Crippen molar-refractivity contribution in [3.63, 3.8) is 0 Å². The van der Waals surface area contributed by atoms with Crippen LogP contribution in [0.5, 0.6) is 0 Å². The van der Waals surface area contributed by atoms with E-state index in [9.17, 15) is 0 Å². The molecule has 0 amide bonds. The number of methoxy groups -OCH3 is 3. The predicted octanol–water partition coefficient (Wildman–Crippen LogP) is -0.399. The highest BCUT2D eigenvalue weighted by Gasteiger charge is 2.07. The Morgan fingerprint density at radius 1 is 1.13 bits per heavy atom. The van der Waals surface area contributed by atoms with Crippen LogP contribution in [0.2, 0.25) is 0 Å². The van der Waals surface area contributed by atoms with Crippen LogP contribution >= 0.6 is 0 Å². The number of ether oxygens (including phenoxy) is 3. The monoisotopic (exact) mass is 220 g/mol. The largest absolute Gasteiger partial charge is 0.382 e. The first kappa shape index (κ1) is 14.8. The van der Waals surface area contributed by atoms with Crippen molar-refractivity contribution in [3.8, 4) is 0 Å². The number of nitrogens with one attached hydrogen (secondary N) is 1. The molecule has 0 fully saturated rings. The van der Waals surface area contributed by atoms with Crippen LogP contribution in [0.25, 0.3) is 0 Å². The van der Waals surface area contributed by atoms with Crippen LogP contribution in [0.4, 0.5) is 0 Å². The Kier molecular flexibility index (Phi) is 10.2. The van der Waals surface area contributed by atoms with Crippen molar-refractivity contribution in [1.29, 1.82) is 0 Å². The first-order valence-corrected chi connectivity index (χ1v) is 5.23. The second-order valence-corrected chi connectivity index (χ2v) is 3.40. The minimum atomic E-state index is 0.105. The van der Waals surface area contributed by atoms with Crippen molar-refractivity contribution in [1.82, 2.24) is 5.32 Å². The van der Waals surface area contributed by atoms with Gasteiger partial charge >= 0.3 is 0 Å². The molecule has 0 aromatic rings. The average Bonchev–Trinajstić information content (AvgIpc) is 2.28. The van der Waals surface area contributed by atoms with Gasteiger partial charge in [-0.25, -0.2) is 0 Å². The van der Waals surface area contributed by atoms with Crippen molar-refractivity contribution in [3.05, 3.63) is 0 Å². The molecular formula is C10H24N2O3. The van der Waals surface area contributed by atoms with Crippen LogP contribution in [0.3, 0.4) is 0 Å². The van der Waals surface area contributed by atoms with Gasteiger partial charge in [0.15, 0.2) is 0 Å². The summed E-state index contributed by atoms with van der Waals surface area (Å²) in [4.78, 5) is 0. The van der Waals surface area contributed by atoms with Gasteiger partial charge in [-0.1, -0.05) is 0 Å². The van der Waals surface area contributed by atoms with Gasteiger partial charge in [0.2, 0.25) is 0 Å². The quantitative estimate of drug-likeness (QED) is 0.490. The summed E-state index contributed by atoms with van der Waals surface area (Å²) in [5.74, 6) is 0. The van der Waals surface area contributed by atoms with Gasteiger partial charge in [0.1, 0.15) is 0 Å². The van der Waals surface area contributed by atoms with E-state index in [0.29, 0.717) is 13.2 Å². The third-order valence-corrected chi connectivity index (χ3v) is 2.30. The smallest absolute Gasteiger partial charge is 0.0928 e. The Morgan fingerprint density at radius 3 is 2.27 bits per heavy atom. The SMILES string of the molecule is COCC(CNCCC(CN)OC)OC. The van der Waals surface area contributed by atoms with Crippen LogP contribution in [-0.4, -0.2) is 59.8 Å². The molecule has 0 aromatic heterocycles. The Bertz CT molecular complexity index is 132. The fourth-order valence-electron chi connectivity index (χ4n) is 1.25. The van der Waals surface area contributed by atoms with Gasteiger partial charge in [-0.15, -0.1) is 0 Å². The molecule has 0 aliphatic rings. The molecule has 0 aliphatic heterocycles. The van der Waals surface area contributed by atoms with E-state index in [1.54, 1.807) is 21.3 Å². The molecule has 0 aromatic carbocycles. The fourth-order valence-corrected chi connectivity index (χ4v) is 1.25. The van der Waals surface area contributed by atoms with Gasteiger partial charge in [-0.3, -0.25) is 0 Å². The molecule has 92 valence electrons. The van der Waals surface area contributed by atoms with E-state index in [-0.39, 0.29) is 12.2 Å². The van der Waals surface area contributed by atoms with Gasteiger partial charge in [-0.05, 0) is 13.0 Å². The van der Waals surface area contributed by atoms with E-state index in [4.69, 9.17) is 19.9 Å². The average molecular weight is 220 g/mol. The summed E-state index contributed by atoms with van der Waals surface area (Å²) in [6.07, 6.45) is 1.16. The Balaban J connectivity index is 3.42. The first-order chi connectivity index (χ1) is 7.28. The molecule has 0 bridgehead atoms. The molecule has 0 radical (unpaired) electrons. The maximum atomic E-state index is 5.50. The van der Waals surface area contributed by atoms with Crippen LogP contribution in [0, 0.1) is 0 Å². The molecule has 3 N–H and O–H groups in total. The summed E-state index contributed by atoms with van der Waals surface area (Å²) in [6.45, 7) is 2.82. The molecule has 0 aliphatic carbocycles. The normalized spacial score (nSPS) is 15.2.